The molecule has 0 heterocycles. The van der Waals surface area contributed by atoms with Crippen LogP contribution < -0.4 is 11.1 Å². The van der Waals surface area contributed by atoms with Gasteiger partial charge in [0.15, 0.2) is 0 Å². The van der Waals surface area contributed by atoms with Crippen LogP contribution in [0.4, 0.5) is 0 Å². The minimum atomic E-state index is -0.839. The van der Waals surface area contributed by atoms with Crippen molar-refractivity contribution in [2.24, 2.45) is 23.5 Å². The fraction of sp³-hybridized carbons (Fsp3) is 0.818. The Morgan fingerprint density at radius 3 is 2.25 bits per heavy atom. The molecular formula is C11H22N2O3. The standard InChI is InChI=1S/C11H22N2O3/c1-7(2)9(6-12)10(14)13-5-4-8(3)11(15)16/h7-9H,4-6,12H2,1-3H3,(H,13,14)(H,15,16). The van der Waals surface area contributed by atoms with Crippen LogP contribution in [0.2, 0.25) is 0 Å². The van der Waals surface area contributed by atoms with E-state index in [4.69, 9.17) is 10.8 Å². The Morgan fingerprint density at radius 2 is 1.88 bits per heavy atom. The van der Waals surface area contributed by atoms with Crippen molar-refractivity contribution in [3.05, 3.63) is 0 Å². The first-order valence-electron chi connectivity index (χ1n) is 5.60. The van der Waals surface area contributed by atoms with Crippen molar-refractivity contribution in [2.75, 3.05) is 13.1 Å². The summed E-state index contributed by atoms with van der Waals surface area (Å²) in [6.07, 6.45) is 0.441. The van der Waals surface area contributed by atoms with Crippen LogP contribution in [0.5, 0.6) is 0 Å². The highest BCUT2D eigenvalue weighted by Gasteiger charge is 2.20. The van der Waals surface area contributed by atoms with Gasteiger partial charge in [-0.2, -0.15) is 0 Å². The molecule has 0 aromatic rings. The number of carbonyl (C=O) groups excluding carboxylic acids is 1. The lowest BCUT2D eigenvalue weighted by atomic mass is 9.95. The van der Waals surface area contributed by atoms with Crippen molar-refractivity contribution < 1.29 is 14.7 Å². The third-order valence-electron chi connectivity index (χ3n) is 2.69. The van der Waals surface area contributed by atoms with Gasteiger partial charge >= 0.3 is 5.97 Å². The zero-order valence-corrected chi connectivity index (χ0v) is 10.2. The summed E-state index contributed by atoms with van der Waals surface area (Å²) >= 11 is 0. The topological polar surface area (TPSA) is 92.4 Å². The van der Waals surface area contributed by atoms with Crippen LogP contribution in [0, 0.1) is 17.8 Å². The number of hydrogen-bond donors (Lipinski definition) is 3. The summed E-state index contributed by atoms with van der Waals surface area (Å²) in [7, 11) is 0. The second-order valence-electron chi connectivity index (χ2n) is 4.41. The number of carbonyl (C=O) groups is 2. The van der Waals surface area contributed by atoms with E-state index in [-0.39, 0.29) is 17.7 Å². The molecule has 5 nitrogen and oxygen atoms in total. The molecule has 4 N–H and O–H groups in total. The van der Waals surface area contributed by atoms with Crippen LogP contribution in [0.25, 0.3) is 0 Å². The summed E-state index contributed by atoms with van der Waals surface area (Å²) in [4.78, 5) is 22.2. The number of nitrogens with one attached hydrogen (secondary N) is 1. The third-order valence-corrected chi connectivity index (χ3v) is 2.69. The lowest BCUT2D eigenvalue weighted by molar-refractivity contribution is -0.141. The Kier molecular flexibility index (Phi) is 6.72. The summed E-state index contributed by atoms with van der Waals surface area (Å²) < 4.78 is 0. The van der Waals surface area contributed by atoms with Gasteiger partial charge in [0, 0.05) is 13.1 Å². The lowest BCUT2D eigenvalue weighted by Crippen LogP contribution is -2.38. The van der Waals surface area contributed by atoms with Crippen molar-refractivity contribution in [1.82, 2.24) is 5.32 Å². The van der Waals surface area contributed by atoms with Crippen LogP contribution in [0.3, 0.4) is 0 Å². The van der Waals surface area contributed by atoms with E-state index in [1.165, 1.54) is 0 Å². The molecule has 2 atom stereocenters. The fourth-order valence-electron chi connectivity index (χ4n) is 1.35. The molecule has 0 saturated carbocycles. The average molecular weight is 230 g/mol. The second kappa shape index (κ2) is 7.22. The zero-order valence-electron chi connectivity index (χ0n) is 10.2. The van der Waals surface area contributed by atoms with Gasteiger partial charge in [-0.25, -0.2) is 0 Å². The summed E-state index contributed by atoms with van der Waals surface area (Å²) in [5, 5.41) is 11.4. The predicted molar refractivity (Wildman–Crippen MR) is 61.8 cm³/mol. The van der Waals surface area contributed by atoms with Gasteiger partial charge in [-0.1, -0.05) is 20.8 Å². The number of hydrogen-bond acceptors (Lipinski definition) is 3. The Bertz CT molecular complexity index is 241. The van der Waals surface area contributed by atoms with E-state index in [1.54, 1.807) is 6.92 Å². The van der Waals surface area contributed by atoms with E-state index >= 15 is 0 Å². The number of amides is 1. The normalized spacial score (nSPS) is 14.6. The van der Waals surface area contributed by atoms with E-state index in [9.17, 15) is 9.59 Å². The van der Waals surface area contributed by atoms with E-state index < -0.39 is 11.9 Å². The molecule has 0 bridgehead atoms. The summed E-state index contributed by atoms with van der Waals surface area (Å²) in [6, 6.07) is 0. The van der Waals surface area contributed by atoms with Crippen molar-refractivity contribution in [2.45, 2.75) is 27.2 Å². The molecule has 0 spiro atoms. The zero-order chi connectivity index (χ0) is 12.7. The maximum Gasteiger partial charge on any atom is 0.306 e. The summed E-state index contributed by atoms with van der Waals surface area (Å²) in [6.45, 7) is 6.21. The minimum Gasteiger partial charge on any atom is -0.481 e. The monoisotopic (exact) mass is 230 g/mol. The molecule has 0 aliphatic rings. The molecule has 1 amide bonds. The summed E-state index contributed by atoms with van der Waals surface area (Å²) in [5.41, 5.74) is 5.50. The number of carboxylic acid groups (broad SMARTS) is 1. The molecule has 0 aromatic heterocycles. The first kappa shape index (κ1) is 14.9. The summed E-state index contributed by atoms with van der Waals surface area (Å²) in [5.74, 6) is -1.36. The predicted octanol–water partition coefficient (Wildman–Crippen LogP) is 0.444. The van der Waals surface area contributed by atoms with Crippen LogP contribution in [0.15, 0.2) is 0 Å². The maximum absolute atomic E-state index is 11.6. The van der Waals surface area contributed by atoms with Gasteiger partial charge in [-0.15, -0.1) is 0 Å². The molecule has 0 radical (unpaired) electrons. The highest BCUT2D eigenvalue weighted by molar-refractivity contribution is 5.79. The molecule has 0 aliphatic heterocycles. The molecule has 2 unspecified atom stereocenters. The van der Waals surface area contributed by atoms with E-state index in [1.807, 2.05) is 13.8 Å². The molecule has 0 aromatic carbocycles. The molecular weight excluding hydrogens is 208 g/mol. The Hall–Kier alpha value is -1.10. The Labute approximate surface area is 96.4 Å². The molecule has 0 aliphatic carbocycles. The highest BCUT2D eigenvalue weighted by atomic mass is 16.4. The van der Waals surface area contributed by atoms with Crippen LogP contribution in [-0.2, 0) is 9.59 Å². The van der Waals surface area contributed by atoms with Crippen LogP contribution in [-0.4, -0.2) is 30.1 Å². The van der Waals surface area contributed by atoms with E-state index in [0.29, 0.717) is 19.5 Å². The Balaban J connectivity index is 3.93. The van der Waals surface area contributed by atoms with Gasteiger partial charge in [0.1, 0.15) is 0 Å². The van der Waals surface area contributed by atoms with Crippen molar-refractivity contribution >= 4 is 11.9 Å². The Morgan fingerprint density at radius 1 is 1.31 bits per heavy atom. The number of aliphatic carboxylic acids is 1. The minimum absolute atomic E-state index is 0.0879. The maximum atomic E-state index is 11.6. The van der Waals surface area contributed by atoms with Crippen molar-refractivity contribution in [1.29, 1.82) is 0 Å². The average Bonchev–Trinajstić information content (AvgIpc) is 2.17. The number of nitrogens with two attached hydrogens (primary N) is 1. The fourth-order valence-corrected chi connectivity index (χ4v) is 1.35. The quantitative estimate of drug-likeness (QED) is 0.592. The van der Waals surface area contributed by atoms with E-state index in [0.717, 1.165) is 0 Å². The smallest absolute Gasteiger partial charge is 0.306 e. The highest BCUT2D eigenvalue weighted by Crippen LogP contribution is 2.09. The van der Waals surface area contributed by atoms with Crippen molar-refractivity contribution in [3.8, 4) is 0 Å². The second-order valence-corrected chi connectivity index (χ2v) is 4.41. The van der Waals surface area contributed by atoms with Gasteiger partial charge in [0.05, 0.1) is 11.8 Å². The van der Waals surface area contributed by atoms with Gasteiger partial charge in [0.25, 0.3) is 0 Å². The van der Waals surface area contributed by atoms with Gasteiger partial charge < -0.3 is 16.2 Å². The van der Waals surface area contributed by atoms with Gasteiger partial charge in [0.2, 0.25) is 5.91 Å². The number of carboxylic acids is 1. The molecule has 0 saturated heterocycles. The molecule has 94 valence electrons. The largest absolute Gasteiger partial charge is 0.481 e. The molecule has 0 fully saturated rings. The number of rotatable bonds is 7. The first-order chi connectivity index (χ1) is 7.40. The van der Waals surface area contributed by atoms with Gasteiger partial charge in [-0.3, -0.25) is 9.59 Å². The van der Waals surface area contributed by atoms with Gasteiger partial charge in [-0.05, 0) is 12.3 Å². The first-order valence-corrected chi connectivity index (χ1v) is 5.60. The van der Waals surface area contributed by atoms with Crippen LogP contribution >= 0.6 is 0 Å². The SMILES string of the molecule is CC(CCNC(=O)C(CN)C(C)C)C(=O)O. The molecule has 5 heteroatoms. The van der Waals surface area contributed by atoms with E-state index in [2.05, 4.69) is 5.32 Å². The third kappa shape index (κ3) is 5.11. The lowest BCUT2D eigenvalue weighted by Gasteiger charge is -2.18. The molecule has 0 rings (SSSR count). The molecule has 16 heavy (non-hydrogen) atoms. The van der Waals surface area contributed by atoms with Crippen molar-refractivity contribution in [3.63, 3.8) is 0 Å². The van der Waals surface area contributed by atoms with Crippen LogP contribution in [0.1, 0.15) is 27.2 Å².